The molecule has 8 nitrogen and oxygen atoms in total. The number of amides is 3. The zero-order chi connectivity index (χ0) is 22.8. The first-order valence-electron chi connectivity index (χ1n) is 9.67. The fraction of sp³-hybridized carbons (Fsp3) is 0.318. The van der Waals surface area contributed by atoms with Crippen molar-refractivity contribution in [3.8, 4) is 5.75 Å². The van der Waals surface area contributed by atoms with E-state index < -0.39 is 11.8 Å². The first-order valence-corrected chi connectivity index (χ1v) is 10.5. The van der Waals surface area contributed by atoms with Gasteiger partial charge in [-0.05, 0) is 55.3 Å². The predicted octanol–water partition coefficient (Wildman–Crippen LogP) is 3.27. The molecule has 0 radical (unpaired) electrons. The van der Waals surface area contributed by atoms with Crippen LogP contribution >= 0.6 is 15.9 Å². The largest absolute Gasteiger partial charge is 0.490 e. The first kappa shape index (κ1) is 24.4. The number of nitrogens with one attached hydrogen (secondary N) is 3. The Morgan fingerprint density at radius 2 is 1.65 bits per heavy atom. The van der Waals surface area contributed by atoms with Crippen molar-refractivity contribution in [1.29, 1.82) is 0 Å². The van der Waals surface area contributed by atoms with Crippen molar-refractivity contribution in [2.75, 3.05) is 25.6 Å². The summed E-state index contributed by atoms with van der Waals surface area (Å²) in [7, 11) is 1.55. The number of halogens is 1. The molecule has 0 atom stereocenters. The molecule has 3 N–H and O–H groups in total. The number of ether oxygens (including phenoxy) is 2. The molecule has 31 heavy (non-hydrogen) atoms. The highest BCUT2D eigenvalue weighted by molar-refractivity contribution is 9.10. The number of anilines is 1. The highest BCUT2D eigenvalue weighted by atomic mass is 79.9. The van der Waals surface area contributed by atoms with Crippen molar-refractivity contribution >= 4 is 39.3 Å². The summed E-state index contributed by atoms with van der Waals surface area (Å²) in [6, 6.07) is 10.6. The van der Waals surface area contributed by atoms with E-state index in [1.165, 1.54) is 0 Å². The molecule has 0 spiro atoms. The van der Waals surface area contributed by atoms with Gasteiger partial charge >= 0.3 is 0 Å². The molecule has 0 bridgehead atoms. The maximum Gasteiger partial charge on any atom is 0.273 e. The Kier molecular flexibility index (Phi) is 9.48. The van der Waals surface area contributed by atoms with Gasteiger partial charge in [0.25, 0.3) is 5.91 Å². The lowest BCUT2D eigenvalue weighted by molar-refractivity contribution is -0.124. The van der Waals surface area contributed by atoms with Crippen molar-refractivity contribution in [1.82, 2.24) is 10.9 Å². The van der Waals surface area contributed by atoms with Crippen molar-refractivity contribution in [2.45, 2.75) is 26.7 Å². The summed E-state index contributed by atoms with van der Waals surface area (Å²) in [5.41, 5.74) is 7.78. The molecule has 0 heterocycles. The van der Waals surface area contributed by atoms with Gasteiger partial charge in [-0.2, -0.15) is 0 Å². The van der Waals surface area contributed by atoms with Crippen LogP contribution in [0.4, 0.5) is 5.69 Å². The van der Waals surface area contributed by atoms with Gasteiger partial charge in [0.2, 0.25) is 11.8 Å². The Labute approximate surface area is 189 Å². The summed E-state index contributed by atoms with van der Waals surface area (Å²) < 4.78 is 11.2. The Morgan fingerprint density at radius 3 is 2.35 bits per heavy atom. The highest BCUT2D eigenvalue weighted by Crippen LogP contribution is 2.23. The van der Waals surface area contributed by atoms with Crippen molar-refractivity contribution < 1.29 is 23.9 Å². The number of hydrogen-bond acceptors (Lipinski definition) is 5. The van der Waals surface area contributed by atoms with Crippen LogP contribution in [0.25, 0.3) is 0 Å². The number of hydrogen-bond donors (Lipinski definition) is 3. The van der Waals surface area contributed by atoms with Gasteiger partial charge in [-0.1, -0.05) is 22.0 Å². The second kappa shape index (κ2) is 12.1. The van der Waals surface area contributed by atoms with Gasteiger partial charge in [0.05, 0.1) is 12.2 Å². The summed E-state index contributed by atoms with van der Waals surface area (Å²) in [6.45, 7) is 4.60. The van der Waals surface area contributed by atoms with Gasteiger partial charge in [-0.3, -0.25) is 25.2 Å². The highest BCUT2D eigenvalue weighted by Gasteiger charge is 2.15. The van der Waals surface area contributed by atoms with Crippen LogP contribution in [-0.2, 0) is 14.3 Å². The molecule has 2 aromatic carbocycles. The molecule has 0 aliphatic heterocycles. The van der Waals surface area contributed by atoms with E-state index in [0.717, 1.165) is 11.1 Å². The molecular weight excluding hydrogens is 466 g/mol. The van der Waals surface area contributed by atoms with Crippen LogP contribution in [-0.4, -0.2) is 38.0 Å². The lowest BCUT2D eigenvalue weighted by Gasteiger charge is -2.13. The fourth-order valence-corrected chi connectivity index (χ4v) is 2.93. The van der Waals surface area contributed by atoms with Crippen LogP contribution in [0.15, 0.2) is 40.9 Å². The number of methoxy groups -OCH3 is 1. The molecule has 9 heteroatoms. The van der Waals surface area contributed by atoms with E-state index in [-0.39, 0.29) is 30.9 Å². The third kappa shape index (κ3) is 8.03. The molecule has 0 saturated carbocycles. The minimum Gasteiger partial charge on any atom is -0.490 e. The SMILES string of the molecule is COCCOc1ccc(Br)cc1C(=O)NNC(=O)CCC(=O)Nc1ccc(C)c(C)c1. The number of carbonyl (C=O) groups excluding carboxylic acids is 3. The standard InChI is InChI=1S/C22H26BrN3O5/c1-14-4-6-17(12-15(14)2)24-20(27)8-9-21(28)25-26-22(29)18-13-16(23)5-7-19(18)31-11-10-30-3/h4-7,12-13H,8-11H2,1-3H3,(H,24,27)(H,25,28)(H,26,29). The second-order valence-corrected chi connectivity index (χ2v) is 7.75. The molecule has 0 saturated heterocycles. The van der Waals surface area contributed by atoms with E-state index in [9.17, 15) is 14.4 Å². The van der Waals surface area contributed by atoms with Crippen LogP contribution in [0.3, 0.4) is 0 Å². The summed E-state index contributed by atoms with van der Waals surface area (Å²) >= 11 is 3.31. The average Bonchev–Trinajstić information content (AvgIpc) is 2.74. The Morgan fingerprint density at radius 1 is 0.903 bits per heavy atom. The zero-order valence-electron chi connectivity index (χ0n) is 17.7. The van der Waals surface area contributed by atoms with E-state index in [2.05, 4.69) is 32.1 Å². The maximum absolute atomic E-state index is 12.5. The molecule has 0 aliphatic carbocycles. The summed E-state index contributed by atoms with van der Waals surface area (Å²) in [5.74, 6) is -0.951. The van der Waals surface area contributed by atoms with Gasteiger partial charge < -0.3 is 14.8 Å². The average molecular weight is 492 g/mol. The summed E-state index contributed by atoms with van der Waals surface area (Å²) in [6.07, 6.45) is -0.0937. The van der Waals surface area contributed by atoms with Crippen LogP contribution in [0.2, 0.25) is 0 Å². The van der Waals surface area contributed by atoms with E-state index in [1.54, 1.807) is 25.3 Å². The molecule has 0 fully saturated rings. The molecule has 2 rings (SSSR count). The molecule has 166 valence electrons. The van der Waals surface area contributed by atoms with E-state index >= 15 is 0 Å². The van der Waals surface area contributed by atoms with Gasteiger partial charge in [-0.25, -0.2) is 0 Å². The molecule has 0 aliphatic rings. The second-order valence-electron chi connectivity index (χ2n) is 6.83. The van der Waals surface area contributed by atoms with Crippen LogP contribution in [0.5, 0.6) is 5.75 Å². The van der Waals surface area contributed by atoms with Gasteiger partial charge in [0.1, 0.15) is 12.4 Å². The van der Waals surface area contributed by atoms with Gasteiger partial charge in [0.15, 0.2) is 0 Å². The number of aryl methyl sites for hydroxylation is 2. The summed E-state index contributed by atoms with van der Waals surface area (Å²) in [5, 5.41) is 2.76. The van der Waals surface area contributed by atoms with E-state index in [0.29, 0.717) is 22.5 Å². The lowest BCUT2D eigenvalue weighted by atomic mass is 10.1. The maximum atomic E-state index is 12.5. The molecule has 3 amide bonds. The molecule has 2 aromatic rings. The van der Waals surface area contributed by atoms with Gasteiger partial charge in [0, 0.05) is 30.1 Å². The third-order valence-electron chi connectivity index (χ3n) is 4.42. The van der Waals surface area contributed by atoms with Crippen LogP contribution in [0, 0.1) is 13.8 Å². The molecular formula is C22H26BrN3O5. The van der Waals surface area contributed by atoms with Crippen LogP contribution < -0.4 is 20.9 Å². The van der Waals surface area contributed by atoms with Crippen molar-refractivity contribution in [2.24, 2.45) is 0 Å². The number of hydrazine groups is 1. The zero-order valence-corrected chi connectivity index (χ0v) is 19.3. The fourth-order valence-electron chi connectivity index (χ4n) is 2.57. The monoisotopic (exact) mass is 491 g/mol. The summed E-state index contributed by atoms with van der Waals surface area (Å²) in [4.78, 5) is 36.6. The van der Waals surface area contributed by atoms with E-state index in [1.807, 2.05) is 32.0 Å². The minimum atomic E-state index is -0.540. The van der Waals surface area contributed by atoms with Crippen molar-refractivity contribution in [3.63, 3.8) is 0 Å². The Balaban J connectivity index is 1.82. The third-order valence-corrected chi connectivity index (χ3v) is 4.91. The predicted molar refractivity (Wildman–Crippen MR) is 121 cm³/mol. The van der Waals surface area contributed by atoms with Crippen LogP contribution in [0.1, 0.15) is 34.3 Å². The minimum absolute atomic E-state index is 0.0170. The number of carbonyl (C=O) groups is 3. The topological polar surface area (TPSA) is 106 Å². The lowest BCUT2D eigenvalue weighted by Crippen LogP contribution is -2.42. The molecule has 0 unspecified atom stereocenters. The normalized spacial score (nSPS) is 10.3. The smallest absolute Gasteiger partial charge is 0.273 e. The molecule has 0 aromatic heterocycles. The Hall–Kier alpha value is -2.91. The first-order chi connectivity index (χ1) is 14.8. The van der Waals surface area contributed by atoms with Crippen molar-refractivity contribution in [3.05, 3.63) is 57.6 Å². The van der Waals surface area contributed by atoms with E-state index in [4.69, 9.17) is 9.47 Å². The quantitative estimate of drug-likeness (QED) is 0.368. The van der Waals surface area contributed by atoms with Gasteiger partial charge in [-0.15, -0.1) is 0 Å². The Bertz CT molecular complexity index is 949. The number of rotatable bonds is 9. The number of benzene rings is 2.